The summed E-state index contributed by atoms with van der Waals surface area (Å²) in [6.07, 6.45) is 2.10. The van der Waals surface area contributed by atoms with E-state index in [1.165, 1.54) is 0 Å². The Bertz CT molecular complexity index is 442. The van der Waals surface area contributed by atoms with Crippen LogP contribution in [-0.4, -0.2) is 26.8 Å². The summed E-state index contributed by atoms with van der Waals surface area (Å²) in [7, 11) is 5.30. The predicted molar refractivity (Wildman–Crippen MR) is 72.2 cm³/mol. The van der Waals surface area contributed by atoms with Crippen LogP contribution in [-0.2, 0) is 0 Å². The number of ether oxygens (including phenoxy) is 2. The van der Waals surface area contributed by atoms with Crippen LogP contribution in [0.2, 0.25) is 0 Å². The predicted octanol–water partition coefficient (Wildman–Crippen LogP) is 1.76. The van der Waals surface area contributed by atoms with Crippen molar-refractivity contribution in [2.45, 2.75) is 31.3 Å². The molecule has 18 heavy (non-hydrogen) atoms. The molecule has 1 atom stereocenters. The minimum atomic E-state index is -0.136. The van der Waals surface area contributed by atoms with Gasteiger partial charge in [-0.05, 0) is 38.9 Å². The maximum Gasteiger partial charge on any atom is 0.130 e. The van der Waals surface area contributed by atoms with Gasteiger partial charge in [-0.1, -0.05) is 0 Å². The molecule has 4 nitrogen and oxygen atoms in total. The first-order chi connectivity index (χ1) is 8.57. The van der Waals surface area contributed by atoms with Crippen LogP contribution in [0.1, 0.15) is 30.0 Å². The highest BCUT2D eigenvalue weighted by Gasteiger charge is 2.46. The largest absolute Gasteiger partial charge is 0.496 e. The third-order valence-electron chi connectivity index (χ3n) is 3.81. The first-order valence-corrected chi connectivity index (χ1v) is 6.25. The molecule has 0 saturated heterocycles. The average Bonchev–Trinajstić information content (AvgIpc) is 3.09. The second kappa shape index (κ2) is 4.78. The van der Waals surface area contributed by atoms with Gasteiger partial charge in [0.05, 0.1) is 20.3 Å². The minimum Gasteiger partial charge on any atom is -0.496 e. The zero-order chi connectivity index (χ0) is 13.3. The van der Waals surface area contributed by atoms with Crippen molar-refractivity contribution in [3.05, 3.63) is 23.3 Å². The molecule has 4 heteroatoms. The summed E-state index contributed by atoms with van der Waals surface area (Å²) in [5.41, 5.74) is 8.32. The average molecular weight is 250 g/mol. The van der Waals surface area contributed by atoms with Crippen molar-refractivity contribution in [3.63, 3.8) is 0 Å². The Kier molecular flexibility index (Phi) is 3.50. The van der Waals surface area contributed by atoms with Gasteiger partial charge in [0.2, 0.25) is 0 Å². The number of nitrogens with one attached hydrogen (secondary N) is 1. The molecule has 1 aromatic carbocycles. The van der Waals surface area contributed by atoms with Crippen molar-refractivity contribution in [2.75, 3.05) is 21.3 Å². The highest BCUT2D eigenvalue weighted by molar-refractivity contribution is 5.51. The van der Waals surface area contributed by atoms with Gasteiger partial charge in [0.25, 0.3) is 0 Å². The van der Waals surface area contributed by atoms with E-state index < -0.39 is 0 Å². The number of hydrogen-bond acceptors (Lipinski definition) is 4. The lowest BCUT2D eigenvalue weighted by Crippen LogP contribution is -2.38. The molecule has 100 valence electrons. The molecule has 1 aromatic rings. The van der Waals surface area contributed by atoms with E-state index in [-0.39, 0.29) is 11.6 Å². The van der Waals surface area contributed by atoms with Gasteiger partial charge in [0.15, 0.2) is 0 Å². The van der Waals surface area contributed by atoms with Crippen LogP contribution in [0.3, 0.4) is 0 Å². The van der Waals surface area contributed by atoms with Crippen LogP contribution in [0.4, 0.5) is 0 Å². The lowest BCUT2D eigenvalue weighted by molar-refractivity contribution is 0.371. The summed E-state index contributed by atoms with van der Waals surface area (Å²) in [5, 5.41) is 3.31. The van der Waals surface area contributed by atoms with E-state index in [9.17, 15) is 0 Å². The van der Waals surface area contributed by atoms with E-state index in [1.807, 2.05) is 26.1 Å². The summed E-state index contributed by atoms with van der Waals surface area (Å²) < 4.78 is 10.9. The van der Waals surface area contributed by atoms with E-state index in [0.29, 0.717) is 0 Å². The van der Waals surface area contributed by atoms with Crippen molar-refractivity contribution in [1.82, 2.24) is 5.32 Å². The van der Waals surface area contributed by atoms with Crippen LogP contribution >= 0.6 is 0 Å². The third kappa shape index (κ3) is 2.06. The Labute approximate surface area is 108 Å². The molecule has 1 aliphatic carbocycles. The quantitative estimate of drug-likeness (QED) is 0.836. The molecular weight excluding hydrogens is 228 g/mol. The lowest BCUT2D eigenvalue weighted by atomic mass is 9.95. The number of likely N-dealkylation sites (N-methyl/N-ethyl adjacent to an activating group) is 1. The molecule has 0 bridgehead atoms. The number of methoxy groups -OCH3 is 2. The number of benzene rings is 1. The Morgan fingerprint density at radius 2 is 1.94 bits per heavy atom. The fourth-order valence-corrected chi connectivity index (χ4v) is 2.60. The molecule has 3 N–H and O–H groups in total. The van der Waals surface area contributed by atoms with Crippen LogP contribution in [0.5, 0.6) is 11.5 Å². The van der Waals surface area contributed by atoms with E-state index in [4.69, 9.17) is 15.2 Å². The highest BCUT2D eigenvalue weighted by Crippen LogP contribution is 2.47. The van der Waals surface area contributed by atoms with Crippen LogP contribution in [0.15, 0.2) is 12.1 Å². The van der Waals surface area contributed by atoms with Gasteiger partial charge in [0.1, 0.15) is 11.5 Å². The molecule has 0 aromatic heterocycles. The van der Waals surface area contributed by atoms with Crippen molar-refractivity contribution in [1.29, 1.82) is 0 Å². The van der Waals surface area contributed by atoms with Gasteiger partial charge in [-0.3, -0.25) is 0 Å². The molecule has 1 aliphatic rings. The van der Waals surface area contributed by atoms with Gasteiger partial charge in [-0.2, -0.15) is 0 Å². The van der Waals surface area contributed by atoms with Crippen molar-refractivity contribution in [2.24, 2.45) is 5.73 Å². The molecule has 1 fully saturated rings. The summed E-state index contributed by atoms with van der Waals surface area (Å²) in [6.45, 7) is 2.00. The molecule has 0 aliphatic heterocycles. The zero-order valence-electron chi connectivity index (χ0n) is 11.5. The van der Waals surface area contributed by atoms with Crippen molar-refractivity contribution < 1.29 is 9.47 Å². The van der Waals surface area contributed by atoms with Gasteiger partial charge in [-0.15, -0.1) is 0 Å². The monoisotopic (exact) mass is 250 g/mol. The lowest BCUT2D eigenvalue weighted by Gasteiger charge is -2.26. The number of nitrogens with two attached hydrogens (primary N) is 1. The standard InChI is InChI=1S/C14H22N2O2/c1-9-11(17-3)6-5-10(12(9)18-4)13(16-2)14(15)7-8-14/h5-6,13,16H,7-8,15H2,1-4H3. The van der Waals surface area contributed by atoms with E-state index in [0.717, 1.165) is 35.5 Å². The number of hydrogen-bond donors (Lipinski definition) is 2. The molecule has 0 spiro atoms. The maximum absolute atomic E-state index is 6.33. The van der Waals surface area contributed by atoms with Crippen LogP contribution in [0, 0.1) is 6.92 Å². The third-order valence-corrected chi connectivity index (χ3v) is 3.81. The van der Waals surface area contributed by atoms with Gasteiger partial charge in [0, 0.05) is 16.7 Å². The molecule has 2 rings (SSSR count). The summed E-state index contributed by atoms with van der Waals surface area (Å²) >= 11 is 0. The molecule has 0 radical (unpaired) electrons. The SMILES string of the molecule is CNC(c1ccc(OC)c(C)c1OC)C1(N)CC1. The van der Waals surface area contributed by atoms with Crippen molar-refractivity contribution in [3.8, 4) is 11.5 Å². The Morgan fingerprint density at radius 1 is 1.28 bits per heavy atom. The minimum absolute atomic E-state index is 0.122. The summed E-state index contributed by atoms with van der Waals surface area (Å²) in [6, 6.07) is 4.14. The first-order valence-electron chi connectivity index (χ1n) is 6.25. The van der Waals surface area contributed by atoms with E-state index >= 15 is 0 Å². The van der Waals surface area contributed by atoms with Gasteiger partial charge >= 0.3 is 0 Å². The fourth-order valence-electron chi connectivity index (χ4n) is 2.60. The highest BCUT2D eigenvalue weighted by atomic mass is 16.5. The first kappa shape index (κ1) is 13.2. The van der Waals surface area contributed by atoms with Crippen LogP contribution < -0.4 is 20.5 Å². The molecule has 1 unspecified atom stereocenters. The summed E-state index contributed by atoms with van der Waals surface area (Å²) in [4.78, 5) is 0. The normalized spacial score (nSPS) is 18.3. The van der Waals surface area contributed by atoms with Crippen LogP contribution in [0.25, 0.3) is 0 Å². The summed E-state index contributed by atoms with van der Waals surface area (Å²) in [5.74, 6) is 1.71. The van der Waals surface area contributed by atoms with Gasteiger partial charge < -0.3 is 20.5 Å². The molecular formula is C14H22N2O2. The Hall–Kier alpha value is -1.26. The molecule has 0 heterocycles. The second-order valence-corrected chi connectivity index (χ2v) is 4.97. The molecule has 0 amide bonds. The van der Waals surface area contributed by atoms with Crippen molar-refractivity contribution >= 4 is 0 Å². The van der Waals surface area contributed by atoms with E-state index in [2.05, 4.69) is 5.32 Å². The van der Waals surface area contributed by atoms with E-state index in [1.54, 1.807) is 14.2 Å². The smallest absolute Gasteiger partial charge is 0.130 e. The topological polar surface area (TPSA) is 56.5 Å². The Balaban J connectivity index is 2.46. The zero-order valence-corrected chi connectivity index (χ0v) is 11.5. The fraction of sp³-hybridized carbons (Fsp3) is 0.571. The molecule has 1 saturated carbocycles. The maximum atomic E-state index is 6.33. The second-order valence-electron chi connectivity index (χ2n) is 4.97. The number of rotatable bonds is 5. The Morgan fingerprint density at radius 3 is 2.39 bits per heavy atom. The van der Waals surface area contributed by atoms with Gasteiger partial charge in [-0.25, -0.2) is 0 Å².